The van der Waals surface area contributed by atoms with Crippen molar-refractivity contribution in [3.8, 4) is 0 Å². The molecule has 0 fully saturated rings. The number of benzene rings is 3. The molecular formula is C23H22S2. The van der Waals surface area contributed by atoms with Crippen LogP contribution in [0.5, 0.6) is 0 Å². The first kappa shape index (κ1) is 16.8. The van der Waals surface area contributed by atoms with Gasteiger partial charge in [0.1, 0.15) is 4.08 Å². The summed E-state index contributed by atoms with van der Waals surface area (Å²) in [4.78, 5) is 0. The Morgan fingerprint density at radius 2 is 1.04 bits per heavy atom. The third-order valence-corrected chi connectivity index (χ3v) is 8.36. The smallest absolute Gasteiger partial charge is 0.112 e. The fourth-order valence-electron chi connectivity index (χ4n) is 3.42. The predicted octanol–water partition coefficient (Wildman–Crippen LogP) is 6.68. The Hall–Kier alpha value is -1.64. The molecule has 3 aromatic rings. The van der Waals surface area contributed by atoms with Crippen LogP contribution in [0.15, 0.2) is 72.8 Å². The number of aryl methyl sites for hydroxylation is 2. The molecule has 0 radical (unpaired) electrons. The third kappa shape index (κ3) is 3.14. The van der Waals surface area contributed by atoms with Crippen molar-refractivity contribution in [2.45, 2.75) is 29.4 Å². The number of thioether (sulfide) groups is 2. The molecule has 0 saturated heterocycles. The normalized spacial score (nSPS) is 16.1. The molecule has 1 aliphatic rings. The maximum Gasteiger partial charge on any atom is 0.112 e. The fourth-order valence-corrected chi connectivity index (χ4v) is 6.57. The summed E-state index contributed by atoms with van der Waals surface area (Å²) in [5, 5.41) is 0. The van der Waals surface area contributed by atoms with Crippen LogP contribution in [0.3, 0.4) is 0 Å². The highest BCUT2D eigenvalue weighted by Crippen LogP contribution is 2.56. The minimum atomic E-state index is -0.0522. The summed E-state index contributed by atoms with van der Waals surface area (Å²) in [6, 6.07) is 26.7. The van der Waals surface area contributed by atoms with Gasteiger partial charge in [-0.2, -0.15) is 0 Å². The molecule has 4 rings (SSSR count). The molecule has 0 N–H and O–H groups in total. The maximum absolute atomic E-state index is 2.39. The minimum Gasteiger partial charge on any atom is -0.130 e. The first-order valence-corrected chi connectivity index (χ1v) is 10.6. The monoisotopic (exact) mass is 362 g/mol. The predicted molar refractivity (Wildman–Crippen MR) is 112 cm³/mol. The van der Waals surface area contributed by atoms with Gasteiger partial charge in [-0.15, -0.1) is 23.5 Å². The molecule has 0 bridgehead atoms. The van der Waals surface area contributed by atoms with Crippen LogP contribution in [0.25, 0.3) is 0 Å². The van der Waals surface area contributed by atoms with Gasteiger partial charge in [-0.3, -0.25) is 0 Å². The fraction of sp³-hybridized carbons (Fsp3) is 0.217. The standard InChI is InChI=1S/C23H22S2/c1-17-13-19-15-24-23(21-9-5-3-6-10-21,22-11-7-4-8-12-22)25-16-20(19)14-18(17)2/h3-14H,15-16H2,1-2H3. The van der Waals surface area contributed by atoms with Crippen molar-refractivity contribution in [3.05, 3.63) is 106 Å². The minimum absolute atomic E-state index is 0.0522. The summed E-state index contributed by atoms with van der Waals surface area (Å²) in [5.41, 5.74) is 8.56. The SMILES string of the molecule is Cc1cc2c(cc1C)CSC(c1ccccc1)(c1ccccc1)SC2. The van der Waals surface area contributed by atoms with Crippen molar-refractivity contribution in [2.75, 3.05) is 0 Å². The Morgan fingerprint density at radius 3 is 1.44 bits per heavy atom. The van der Waals surface area contributed by atoms with Crippen LogP contribution < -0.4 is 0 Å². The summed E-state index contributed by atoms with van der Waals surface area (Å²) in [6.07, 6.45) is 0. The van der Waals surface area contributed by atoms with Gasteiger partial charge in [0.05, 0.1) is 0 Å². The van der Waals surface area contributed by atoms with E-state index in [2.05, 4.69) is 110 Å². The summed E-state index contributed by atoms with van der Waals surface area (Å²) < 4.78 is -0.0522. The average molecular weight is 363 g/mol. The molecule has 0 aliphatic carbocycles. The highest BCUT2D eigenvalue weighted by Gasteiger charge is 2.37. The van der Waals surface area contributed by atoms with Gasteiger partial charge in [0.15, 0.2) is 0 Å². The van der Waals surface area contributed by atoms with Crippen LogP contribution in [-0.4, -0.2) is 0 Å². The molecule has 1 aliphatic heterocycles. The van der Waals surface area contributed by atoms with Gasteiger partial charge < -0.3 is 0 Å². The van der Waals surface area contributed by atoms with Crippen LogP contribution in [0.1, 0.15) is 33.4 Å². The lowest BCUT2D eigenvalue weighted by molar-refractivity contribution is 1.07. The molecule has 0 amide bonds. The number of hydrogen-bond acceptors (Lipinski definition) is 2. The molecule has 0 nitrogen and oxygen atoms in total. The van der Waals surface area contributed by atoms with Crippen molar-refractivity contribution >= 4 is 23.5 Å². The Labute approximate surface area is 159 Å². The van der Waals surface area contributed by atoms with E-state index in [1.165, 1.54) is 33.4 Å². The van der Waals surface area contributed by atoms with Crippen molar-refractivity contribution < 1.29 is 0 Å². The summed E-state index contributed by atoms with van der Waals surface area (Å²) >= 11 is 4.12. The summed E-state index contributed by atoms with van der Waals surface area (Å²) in [7, 11) is 0. The number of hydrogen-bond donors (Lipinski definition) is 0. The molecule has 0 atom stereocenters. The van der Waals surface area contributed by atoms with E-state index in [4.69, 9.17) is 0 Å². The van der Waals surface area contributed by atoms with Gasteiger partial charge in [0, 0.05) is 11.5 Å². The van der Waals surface area contributed by atoms with Crippen LogP contribution in [0.2, 0.25) is 0 Å². The van der Waals surface area contributed by atoms with Gasteiger partial charge in [-0.25, -0.2) is 0 Å². The second kappa shape index (κ2) is 6.93. The second-order valence-electron chi connectivity index (χ2n) is 6.63. The largest absolute Gasteiger partial charge is 0.130 e. The molecule has 0 spiro atoms. The molecule has 0 saturated carbocycles. The van der Waals surface area contributed by atoms with Crippen LogP contribution in [0, 0.1) is 13.8 Å². The van der Waals surface area contributed by atoms with Gasteiger partial charge in [-0.05, 0) is 47.2 Å². The van der Waals surface area contributed by atoms with Crippen LogP contribution in [-0.2, 0) is 15.6 Å². The first-order valence-electron chi connectivity index (χ1n) is 8.67. The zero-order valence-corrected chi connectivity index (χ0v) is 16.3. The highest BCUT2D eigenvalue weighted by molar-refractivity contribution is 8.17. The van der Waals surface area contributed by atoms with E-state index < -0.39 is 0 Å². The number of rotatable bonds is 2. The molecule has 2 heteroatoms. The Balaban J connectivity index is 1.82. The lowest BCUT2D eigenvalue weighted by Crippen LogP contribution is -2.19. The van der Waals surface area contributed by atoms with Gasteiger partial charge in [-0.1, -0.05) is 72.8 Å². The van der Waals surface area contributed by atoms with Gasteiger partial charge >= 0.3 is 0 Å². The van der Waals surface area contributed by atoms with E-state index in [9.17, 15) is 0 Å². The van der Waals surface area contributed by atoms with Crippen LogP contribution in [0.4, 0.5) is 0 Å². The van der Waals surface area contributed by atoms with E-state index in [-0.39, 0.29) is 4.08 Å². The molecule has 126 valence electrons. The lowest BCUT2D eigenvalue weighted by Gasteiger charge is -2.32. The zero-order chi connectivity index (χ0) is 17.3. The van der Waals surface area contributed by atoms with Gasteiger partial charge in [0.2, 0.25) is 0 Å². The Kier molecular flexibility index (Phi) is 4.66. The van der Waals surface area contributed by atoms with Crippen molar-refractivity contribution in [1.82, 2.24) is 0 Å². The summed E-state index contributed by atoms with van der Waals surface area (Å²) in [6.45, 7) is 4.44. The second-order valence-corrected chi connectivity index (χ2v) is 9.27. The van der Waals surface area contributed by atoms with E-state index in [1.54, 1.807) is 0 Å². The van der Waals surface area contributed by atoms with Gasteiger partial charge in [0.25, 0.3) is 0 Å². The molecule has 1 heterocycles. The van der Waals surface area contributed by atoms with Crippen molar-refractivity contribution in [3.63, 3.8) is 0 Å². The topological polar surface area (TPSA) is 0 Å². The van der Waals surface area contributed by atoms with Crippen molar-refractivity contribution in [2.24, 2.45) is 0 Å². The molecule has 0 unspecified atom stereocenters. The van der Waals surface area contributed by atoms with E-state index in [1.807, 2.05) is 0 Å². The van der Waals surface area contributed by atoms with E-state index >= 15 is 0 Å². The Bertz CT molecular complexity index is 795. The summed E-state index contributed by atoms with van der Waals surface area (Å²) in [5.74, 6) is 2.10. The molecule has 0 aromatic heterocycles. The lowest BCUT2D eigenvalue weighted by atomic mass is 10.0. The molecule has 25 heavy (non-hydrogen) atoms. The molecular weight excluding hydrogens is 340 g/mol. The molecule has 3 aromatic carbocycles. The maximum atomic E-state index is 2.39. The van der Waals surface area contributed by atoms with Crippen LogP contribution >= 0.6 is 23.5 Å². The highest BCUT2D eigenvalue weighted by atomic mass is 32.2. The quantitative estimate of drug-likeness (QED) is 0.498. The average Bonchev–Trinajstić information content (AvgIpc) is 2.84. The first-order chi connectivity index (χ1) is 12.2. The zero-order valence-electron chi connectivity index (χ0n) is 14.7. The number of fused-ring (bicyclic) bond motifs is 1. The third-order valence-electron chi connectivity index (χ3n) is 4.99. The van der Waals surface area contributed by atoms with E-state index in [0.29, 0.717) is 0 Å². The van der Waals surface area contributed by atoms with E-state index in [0.717, 1.165) is 11.5 Å². The van der Waals surface area contributed by atoms with Crippen molar-refractivity contribution in [1.29, 1.82) is 0 Å². The Morgan fingerprint density at radius 1 is 0.640 bits per heavy atom.